The normalized spacial score (nSPS) is 14.1. The van der Waals surface area contributed by atoms with Gasteiger partial charge in [0.1, 0.15) is 0 Å². The van der Waals surface area contributed by atoms with Crippen LogP contribution in [0.25, 0.3) is 0 Å². The van der Waals surface area contributed by atoms with Gasteiger partial charge < -0.3 is 0 Å². The lowest BCUT2D eigenvalue weighted by Crippen LogP contribution is -2.02. The molecule has 0 aliphatic carbocycles. The minimum absolute atomic E-state index is 0.0401. The van der Waals surface area contributed by atoms with Crippen LogP contribution in [0.1, 0.15) is 0 Å². The lowest BCUT2D eigenvalue weighted by atomic mass is 10.5. The number of hydrogen-bond acceptors (Lipinski definition) is 0. The Labute approximate surface area is 60.2 Å². The van der Waals surface area contributed by atoms with Crippen molar-refractivity contribution in [3.8, 4) is 0 Å². The van der Waals surface area contributed by atoms with Crippen molar-refractivity contribution in [2.75, 3.05) is 5.88 Å². The van der Waals surface area contributed by atoms with E-state index in [-0.39, 0.29) is 12.0 Å². The second-order valence-electron chi connectivity index (χ2n) is 1.27. The van der Waals surface area contributed by atoms with E-state index in [2.05, 4.69) is 0 Å². The summed E-state index contributed by atoms with van der Waals surface area (Å²) in [5.74, 6) is -0.304. The zero-order valence-electron chi connectivity index (χ0n) is 4.17. The van der Waals surface area contributed by atoms with Crippen LogP contribution in [-0.4, -0.2) is 12.1 Å². The average Bonchev–Trinajstić information content (AvgIpc) is 1.62. The van der Waals surface area contributed by atoms with E-state index in [1.807, 2.05) is 0 Å². The number of alkyl halides is 4. The molecule has 0 aromatic heterocycles. The minimum Gasteiger partial charge on any atom is -0.167 e. The van der Waals surface area contributed by atoms with Crippen molar-refractivity contribution in [3.63, 3.8) is 0 Å². The van der Waals surface area contributed by atoms with Crippen molar-refractivity contribution in [2.45, 2.75) is 6.18 Å². The van der Waals surface area contributed by atoms with E-state index in [0.717, 1.165) is 0 Å². The topological polar surface area (TPSA) is 0 Å². The van der Waals surface area contributed by atoms with Gasteiger partial charge in [0.25, 0.3) is 0 Å². The first-order chi connectivity index (χ1) is 3.95. The summed E-state index contributed by atoms with van der Waals surface area (Å²) in [5, 5.41) is -0.399. The zero-order chi connectivity index (χ0) is 7.49. The molecule has 0 saturated carbocycles. The second kappa shape index (κ2) is 3.32. The van der Waals surface area contributed by atoms with Gasteiger partial charge in [-0.15, -0.1) is 11.6 Å². The fourth-order valence-electron chi connectivity index (χ4n) is 0.216. The minimum atomic E-state index is -4.36. The van der Waals surface area contributed by atoms with Crippen molar-refractivity contribution in [3.05, 3.63) is 11.1 Å². The summed E-state index contributed by atoms with van der Waals surface area (Å²) in [6, 6.07) is 0. The van der Waals surface area contributed by atoms with E-state index >= 15 is 0 Å². The molecule has 0 rings (SSSR count). The van der Waals surface area contributed by atoms with Gasteiger partial charge in [0, 0.05) is 11.1 Å². The van der Waals surface area contributed by atoms with Gasteiger partial charge in [-0.3, -0.25) is 0 Å². The summed E-state index contributed by atoms with van der Waals surface area (Å²) in [6.07, 6.45) is -4.40. The molecule has 5 heteroatoms. The maximum atomic E-state index is 11.3. The first-order valence-electron chi connectivity index (χ1n) is 1.95. The van der Waals surface area contributed by atoms with E-state index in [4.69, 9.17) is 23.2 Å². The molecule has 0 bridgehead atoms. The van der Waals surface area contributed by atoms with Gasteiger partial charge in [0.15, 0.2) is 0 Å². The number of hydrogen-bond donors (Lipinski definition) is 0. The van der Waals surface area contributed by atoms with E-state index in [9.17, 15) is 13.2 Å². The third kappa shape index (κ3) is 5.99. The van der Waals surface area contributed by atoms with E-state index in [0.29, 0.717) is 0 Å². The molecule has 54 valence electrons. The van der Waals surface area contributed by atoms with Crippen LogP contribution in [0.5, 0.6) is 0 Å². The quantitative estimate of drug-likeness (QED) is 0.542. The van der Waals surface area contributed by atoms with Crippen LogP contribution in [0.4, 0.5) is 13.2 Å². The lowest BCUT2D eigenvalue weighted by Gasteiger charge is -1.97. The molecule has 0 unspecified atom stereocenters. The van der Waals surface area contributed by atoms with Crippen molar-refractivity contribution in [1.82, 2.24) is 0 Å². The Balaban J connectivity index is 3.95. The van der Waals surface area contributed by atoms with E-state index in [1.165, 1.54) is 0 Å². The second-order valence-corrected chi connectivity index (χ2v) is 2.02. The molecule has 0 saturated heterocycles. The SMILES string of the molecule is FC(F)(F)/C=C(/Cl)CCl. The molecule has 0 aliphatic heterocycles. The Morgan fingerprint density at radius 3 is 2.00 bits per heavy atom. The Morgan fingerprint density at radius 2 is 1.89 bits per heavy atom. The molecule has 0 heterocycles. The summed E-state index contributed by atoms with van der Waals surface area (Å²) >= 11 is 9.92. The summed E-state index contributed by atoms with van der Waals surface area (Å²) in [5.41, 5.74) is 0. The van der Waals surface area contributed by atoms with Gasteiger partial charge in [-0.05, 0) is 0 Å². The van der Waals surface area contributed by atoms with Crippen molar-refractivity contribution < 1.29 is 13.2 Å². The molecule has 0 N–H and O–H groups in total. The predicted molar refractivity (Wildman–Crippen MR) is 30.7 cm³/mol. The highest BCUT2D eigenvalue weighted by Crippen LogP contribution is 2.20. The van der Waals surface area contributed by atoms with Crippen LogP contribution < -0.4 is 0 Å². The van der Waals surface area contributed by atoms with E-state index in [1.54, 1.807) is 0 Å². The van der Waals surface area contributed by atoms with Crippen LogP contribution >= 0.6 is 23.2 Å². The van der Waals surface area contributed by atoms with Gasteiger partial charge in [-0.2, -0.15) is 13.2 Å². The largest absolute Gasteiger partial charge is 0.410 e. The van der Waals surface area contributed by atoms with Gasteiger partial charge >= 0.3 is 6.18 Å². The van der Waals surface area contributed by atoms with Crippen molar-refractivity contribution in [1.29, 1.82) is 0 Å². The average molecular weight is 179 g/mol. The Morgan fingerprint density at radius 1 is 1.44 bits per heavy atom. The third-order valence-electron chi connectivity index (χ3n) is 0.448. The predicted octanol–water partition coefficient (Wildman–Crippen LogP) is 2.91. The Kier molecular flexibility index (Phi) is 3.36. The molecule has 0 aromatic carbocycles. The number of rotatable bonds is 1. The maximum Gasteiger partial charge on any atom is 0.410 e. The lowest BCUT2D eigenvalue weighted by molar-refractivity contribution is -0.0801. The molecule has 0 spiro atoms. The summed E-state index contributed by atoms with van der Waals surface area (Å²) in [4.78, 5) is 0. The zero-order valence-corrected chi connectivity index (χ0v) is 5.69. The highest BCUT2D eigenvalue weighted by molar-refractivity contribution is 6.35. The van der Waals surface area contributed by atoms with Gasteiger partial charge in [0.2, 0.25) is 0 Å². The number of halogens is 5. The summed E-state index contributed by atoms with van der Waals surface area (Å²) in [7, 11) is 0. The maximum absolute atomic E-state index is 11.3. The Bertz CT molecular complexity index is 115. The van der Waals surface area contributed by atoms with Crippen LogP contribution in [-0.2, 0) is 0 Å². The van der Waals surface area contributed by atoms with Crippen molar-refractivity contribution >= 4 is 23.2 Å². The first-order valence-corrected chi connectivity index (χ1v) is 2.87. The Hall–Kier alpha value is 0.110. The molecule has 0 aliphatic rings. The molecule has 0 fully saturated rings. The van der Waals surface area contributed by atoms with Gasteiger partial charge in [-0.25, -0.2) is 0 Å². The molecule has 0 nitrogen and oxygen atoms in total. The monoisotopic (exact) mass is 178 g/mol. The molecule has 0 aromatic rings. The van der Waals surface area contributed by atoms with Crippen LogP contribution in [0.15, 0.2) is 11.1 Å². The molecular weight excluding hydrogens is 176 g/mol. The first kappa shape index (κ1) is 9.11. The molecule has 0 radical (unpaired) electrons. The van der Waals surface area contributed by atoms with Crippen LogP contribution in [0.2, 0.25) is 0 Å². The van der Waals surface area contributed by atoms with Crippen LogP contribution in [0, 0.1) is 0 Å². The summed E-state index contributed by atoms with van der Waals surface area (Å²) in [6.45, 7) is 0. The molecule has 0 atom stereocenters. The molecule has 9 heavy (non-hydrogen) atoms. The molecule has 0 amide bonds. The smallest absolute Gasteiger partial charge is 0.167 e. The van der Waals surface area contributed by atoms with Crippen LogP contribution in [0.3, 0.4) is 0 Å². The summed E-state index contributed by atoms with van der Waals surface area (Å²) < 4.78 is 33.8. The van der Waals surface area contributed by atoms with Gasteiger partial charge in [0.05, 0.1) is 5.88 Å². The number of allylic oxidation sites excluding steroid dienone is 2. The highest BCUT2D eigenvalue weighted by atomic mass is 35.5. The fourth-order valence-corrected chi connectivity index (χ4v) is 0.417. The highest BCUT2D eigenvalue weighted by Gasteiger charge is 2.23. The van der Waals surface area contributed by atoms with Gasteiger partial charge in [-0.1, -0.05) is 11.6 Å². The van der Waals surface area contributed by atoms with Crippen molar-refractivity contribution in [2.24, 2.45) is 0 Å². The fraction of sp³-hybridized carbons (Fsp3) is 0.500. The molecular formula is C4H3Cl2F3. The third-order valence-corrected chi connectivity index (χ3v) is 1.12. The van der Waals surface area contributed by atoms with E-state index < -0.39 is 11.2 Å². The standard InChI is InChI=1S/C4H3Cl2F3/c5-2-3(6)1-4(7,8)9/h1H,2H2/b3-1+.